The zero-order chi connectivity index (χ0) is 20.1. The van der Waals surface area contributed by atoms with Crippen LogP contribution in [0.4, 0.5) is 0 Å². The number of benzene rings is 2. The molecule has 148 valence electrons. The summed E-state index contributed by atoms with van der Waals surface area (Å²) in [6.45, 7) is 2.81. The third-order valence-corrected chi connectivity index (χ3v) is 4.48. The van der Waals surface area contributed by atoms with Crippen LogP contribution in [0.1, 0.15) is 23.7 Å². The normalized spacial score (nSPS) is 12.1. The maximum Gasteiger partial charge on any atom is 0.337 e. The number of aliphatic hydroxyl groups is 1. The van der Waals surface area contributed by atoms with Gasteiger partial charge in [-0.1, -0.05) is 19.1 Å². The van der Waals surface area contributed by atoms with Crippen molar-refractivity contribution in [1.29, 1.82) is 0 Å². The Hall–Kier alpha value is -3.06. The number of para-hydroxylation sites is 2. The monoisotopic (exact) mass is 384 g/mol. The molecule has 3 aromatic rings. The maximum atomic E-state index is 12.7. The minimum absolute atomic E-state index is 0.0251. The number of aliphatic hydroxyl groups excluding tert-OH is 1. The molecule has 1 N–H and O–H groups in total. The molecule has 0 aliphatic carbocycles. The zero-order valence-electron chi connectivity index (χ0n) is 16.0. The summed E-state index contributed by atoms with van der Waals surface area (Å²) in [6, 6.07) is 14.0. The van der Waals surface area contributed by atoms with Crippen LogP contribution in [-0.2, 0) is 17.8 Å². The molecule has 0 aliphatic heterocycles. The summed E-state index contributed by atoms with van der Waals surface area (Å²) < 4.78 is 13.6. The van der Waals surface area contributed by atoms with E-state index in [-0.39, 0.29) is 18.8 Å². The first-order valence-corrected chi connectivity index (χ1v) is 9.22. The molecular formula is C21H24N2O5. The molecule has 1 heterocycles. The number of hydrogen-bond acceptors (Lipinski definition) is 5. The molecule has 0 radical (unpaired) electrons. The van der Waals surface area contributed by atoms with Crippen molar-refractivity contribution in [2.45, 2.75) is 32.5 Å². The number of aromatic nitrogens is 2. The SMILES string of the molecule is CCCn1c(=O)n(C[C@@H](O)COc2ccc(C(=O)OC)cc2)c2ccccc21. The van der Waals surface area contributed by atoms with Gasteiger partial charge < -0.3 is 14.6 Å². The van der Waals surface area contributed by atoms with Crippen molar-refractivity contribution < 1.29 is 19.4 Å². The van der Waals surface area contributed by atoms with Gasteiger partial charge in [0, 0.05) is 6.54 Å². The van der Waals surface area contributed by atoms with Crippen molar-refractivity contribution in [2.75, 3.05) is 13.7 Å². The second-order valence-corrected chi connectivity index (χ2v) is 6.51. The number of imidazole rings is 1. The highest BCUT2D eigenvalue weighted by atomic mass is 16.5. The molecule has 0 aliphatic rings. The molecule has 0 saturated heterocycles. The van der Waals surface area contributed by atoms with Crippen LogP contribution in [0.5, 0.6) is 5.75 Å². The highest BCUT2D eigenvalue weighted by Gasteiger charge is 2.16. The molecule has 2 aromatic carbocycles. The Morgan fingerprint density at radius 2 is 1.71 bits per heavy atom. The summed E-state index contributed by atoms with van der Waals surface area (Å²) in [5.74, 6) is 0.0990. The number of carbonyl (C=O) groups is 1. The van der Waals surface area contributed by atoms with Gasteiger partial charge >= 0.3 is 11.7 Å². The number of hydrogen-bond donors (Lipinski definition) is 1. The lowest BCUT2D eigenvalue weighted by molar-refractivity contribution is 0.0600. The van der Waals surface area contributed by atoms with E-state index in [1.54, 1.807) is 33.4 Å². The average Bonchev–Trinajstić information content (AvgIpc) is 2.98. The van der Waals surface area contributed by atoms with Gasteiger partial charge in [-0.15, -0.1) is 0 Å². The predicted molar refractivity (Wildman–Crippen MR) is 106 cm³/mol. The molecule has 0 bridgehead atoms. The van der Waals surface area contributed by atoms with E-state index >= 15 is 0 Å². The van der Waals surface area contributed by atoms with Crippen LogP contribution in [0, 0.1) is 0 Å². The lowest BCUT2D eigenvalue weighted by atomic mass is 10.2. The average molecular weight is 384 g/mol. The van der Waals surface area contributed by atoms with Crippen LogP contribution < -0.4 is 10.4 Å². The number of aryl methyl sites for hydroxylation is 1. The summed E-state index contributed by atoms with van der Waals surface area (Å²) in [6.07, 6.45) is -0.0138. The molecule has 0 fully saturated rings. The van der Waals surface area contributed by atoms with Gasteiger partial charge in [0.1, 0.15) is 18.5 Å². The number of rotatable bonds is 8. The van der Waals surface area contributed by atoms with E-state index in [1.807, 2.05) is 31.2 Å². The van der Waals surface area contributed by atoms with E-state index in [2.05, 4.69) is 4.74 Å². The smallest absolute Gasteiger partial charge is 0.337 e. The molecule has 7 heteroatoms. The van der Waals surface area contributed by atoms with Gasteiger partial charge in [-0.2, -0.15) is 0 Å². The molecule has 7 nitrogen and oxygen atoms in total. The van der Waals surface area contributed by atoms with E-state index in [0.29, 0.717) is 17.9 Å². The fourth-order valence-corrected chi connectivity index (χ4v) is 3.15. The van der Waals surface area contributed by atoms with Gasteiger partial charge in [0.2, 0.25) is 0 Å². The van der Waals surface area contributed by atoms with Gasteiger partial charge in [0.25, 0.3) is 0 Å². The van der Waals surface area contributed by atoms with Gasteiger partial charge in [-0.3, -0.25) is 9.13 Å². The van der Waals surface area contributed by atoms with Crippen molar-refractivity contribution in [2.24, 2.45) is 0 Å². The quantitative estimate of drug-likeness (QED) is 0.603. The number of carbonyl (C=O) groups excluding carboxylic acids is 1. The Morgan fingerprint density at radius 1 is 1.07 bits per heavy atom. The highest BCUT2D eigenvalue weighted by molar-refractivity contribution is 5.89. The number of ether oxygens (including phenoxy) is 2. The first kappa shape index (κ1) is 19.7. The Balaban J connectivity index is 1.70. The number of fused-ring (bicyclic) bond motifs is 1. The Bertz CT molecular complexity index is 1000. The predicted octanol–water partition coefficient (Wildman–Crippen LogP) is 2.44. The lowest BCUT2D eigenvalue weighted by Crippen LogP contribution is -2.31. The highest BCUT2D eigenvalue weighted by Crippen LogP contribution is 2.15. The van der Waals surface area contributed by atoms with E-state index in [1.165, 1.54) is 7.11 Å². The molecule has 0 unspecified atom stereocenters. The standard InChI is InChI=1S/C21H24N2O5/c1-3-12-22-18-6-4-5-7-19(18)23(21(22)26)13-16(24)14-28-17-10-8-15(9-11-17)20(25)27-2/h4-11,16,24H,3,12-14H2,1-2H3/t16-/m1/s1. The van der Waals surface area contributed by atoms with Gasteiger partial charge in [-0.25, -0.2) is 9.59 Å². The fourth-order valence-electron chi connectivity index (χ4n) is 3.15. The number of nitrogens with zero attached hydrogens (tertiary/aromatic N) is 2. The van der Waals surface area contributed by atoms with Crippen molar-refractivity contribution in [3.8, 4) is 5.75 Å². The third-order valence-electron chi connectivity index (χ3n) is 4.48. The van der Waals surface area contributed by atoms with E-state index < -0.39 is 12.1 Å². The Morgan fingerprint density at radius 3 is 2.32 bits per heavy atom. The van der Waals surface area contributed by atoms with Crippen molar-refractivity contribution in [3.63, 3.8) is 0 Å². The second-order valence-electron chi connectivity index (χ2n) is 6.51. The number of esters is 1. The molecule has 0 saturated carbocycles. The zero-order valence-corrected chi connectivity index (χ0v) is 16.0. The van der Waals surface area contributed by atoms with Crippen molar-refractivity contribution in [1.82, 2.24) is 9.13 Å². The Labute approximate surface area is 162 Å². The van der Waals surface area contributed by atoms with Crippen molar-refractivity contribution >= 4 is 17.0 Å². The number of methoxy groups -OCH3 is 1. The summed E-state index contributed by atoms with van der Waals surface area (Å²) >= 11 is 0. The summed E-state index contributed by atoms with van der Waals surface area (Å²) in [5.41, 5.74) is 1.94. The Kier molecular flexibility index (Phi) is 6.16. The summed E-state index contributed by atoms with van der Waals surface area (Å²) in [5, 5.41) is 10.4. The molecule has 28 heavy (non-hydrogen) atoms. The molecule has 1 atom stereocenters. The largest absolute Gasteiger partial charge is 0.491 e. The van der Waals surface area contributed by atoms with Crippen molar-refractivity contribution in [3.05, 3.63) is 64.6 Å². The van der Waals surface area contributed by atoms with Gasteiger partial charge in [0.15, 0.2) is 0 Å². The van der Waals surface area contributed by atoms with Crippen LogP contribution in [0.15, 0.2) is 53.3 Å². The van der Waals surface area contributed by atoms with E-state index in [0.717, 1.165) is 17.5 Å². The van der Waals surface area contributed by atoms with Gasteiger partial charge in [-0.05, 0) is 42.8 Å². The third kappa shape index (κ3) is 4.09. The van der Waals surface area contributed by atoms with Crippen LogP contribution in [0.25, 0.3) is 11.0 Å². The molecule has 3 rings (SSSR count). The summed E-state index contributed by atoms with van der Waals surface area (Å²) in [4.78, 5) is 24.2. The van der Waals surface area contributed by atoms with Gasteiger partial charge in [0.05, 0.1) is 30.3 Å². The lowest BCUT2D eigenvalue weighted by Gasteiger charge is -2.13. The van der Waals surface area contributed by atoms with Crippen LogP contribution in [0.2, 0.25) is 0 Å². The minimum atomic E-state index is -0.862. The van der Waals surface area contributed by atoms with E-state index in [9.17, 15) is 14.7 Å². The maximum absolute atomic E-state index is 12.7. The van der Waals surface area contributed by atoms with Crippen LogP contribution >= 0.6 is 0 Å². The molecular weight excluding hydrogens is 360 g/mol. The topological polar surface area (TPSA) is 82.7 Å². The summed E-state index contributed by atoms with van der Waals surface area (Å²) in [7, 11) is 1.32. The van der Waals surface area contributed by atoms with Crippen LogP contribution in [0.3, 0.4) is 0 Å². The van der Waals surface area contributed by atoms with Crippen LogP contribution in [-0.4, -0.2) is 40.0 Å². The minimum Gasteiger partial charge on any atom is -0.491 e. The molecule has 0 spiro atoms. The first-order chi connectivity index (χ1) is 13.5. The second kappa shape index (κ2) is 8.75. The van der Waals surface area contributed by atoms with E-state index in [4.69, 9.17) is 4.74 Å². The first-order valence-electron chi connectivity index (χ1n) is 9.22. The molecule has 1 aromatic heterocycles. The molecule has 0 amide bonds. The fraction of sp³-hybridized carbons (Fsp3) is 0.333.